The highest BCUT2D eigenvalue weighted by molar-refractivity contribution is 7.89. The van der Waals surface area contributed by atoms with Gasteiger partial charge in [-0.1, -0.05) is 0 Å². The third-order valence-corrected chi connectivity index (χ3v) is 7.30. The maximum Gasteiger partial charge on any atom is 0.241 e. The second kappa shape index (κ2) is 8.06. The third-order valence-electron chi connectivity index (χ3n) is 5.57. The van der Waals surface area contributed by atoms with E-state index < -0.39 is 10.0 Å². The van der Waals surface area contributed by atoms with Gasteiger partial charge in [0.2, 0.25) is 15.9 Å². The van der Waals surface area contributed by atoms with Crippen molar-refractivity contribution in [2.75, 3.05) is 13.2 Å². The molecule has 1 aliphatic heterocycles. The van der Waals surface area contributed by atoms with E-state index in [1.165, 1.54) is 0 Å². The molecule has 0 aromatic heterocycles. The molecule has 0 radical (unpaired) electrons. The van der Waals surface area contributed by atoms with Crippen LogP contribution in [-0.4, -0.2) is 39.6 Å². The number of carbonyl (C=O) groups excluding carboxylic acids is 1. The number of rotatable bonds is 6. The third kappa shape index (κ3) is 4.27. The lowest BCUT2D eigenvalue weighted by atomic mass is 9.95. The number of nitrogens with one attached hydrogen (secondary N) is 2. The predicted molar refractivity (Wildman–Crippen MR) is 102 cm³/mol. The van der Waals surface area contributed by atoms with Gasteiger partial charge in [-0.3, -0.25) is 4.79 Å². The van der Waals surface area contributed by atoms with E-state index in [1.54, 1.807) is 0 Å². The maximum atomic E-state index is 12.8. The molecule has 26 heavy (non-hydrogen) atoms. The summed E-state index contributed by atoms with van der Waals surface area (Å²) >= 11 is 0. The van der Waals surface area contributed by atoms with E-state index in [1.807, 2.05) is 41.5 Å². The number of hydrogen-bond acceptors (Lipinski definition) is 4. The summed E-state index contributed by atoms with van der Waals surface area (Å²) in [6.45, 7) is 12.2. The highest BCUT2D eigenvalue weighted by Gasteiger charge is 2.26. The second-order valence-corrected chi connectivity index (χ2v) is 8.84. The summed E-state index contributed by atoms with van der Waals surface area (Å²) in [5.41, 5.74) is 4.62. The van der Waals surface area contributed by atoms with Crippen molar-refractivity contribution in [3.63, 3.8) is 0 Å². The van der Waals surface area contributed by atoms with Gasteiger partial charge in [-0.15, -0.1) is 0 Å². The van der Waals surface area contributed by atoms with E-state index in [0.717, 1.165) is 34.2 Å². The number of benzene rings is 1. The Balaban J connectivity index is 2.05. The van der Waals surface area contributed by atoms with Crippen molar-refractivity contribution in [1.82, 2.24) is 10.0 Å². The van der Waals surface area contributed by atoms with Gasteiger partial charge < -0.3 is 10.1 Å². The van der Waals surface area contributed by atoms with Crippen molar-refractivity contribution in [2.45, 2.75) is 71.4 Å². The van der Waals surface area contributed by atoms with E-state index in [-0.39, 0.29) is 31.0 Å². The molecule has 0 aliphatic carbocycles. The molecular weight excluding hydrogens is 352 g/mol. The Labute approximate surface area is 156 Å². The lowest BCUT2D eigenvalue weighted by Gasteiger charge is -2.19. The molecule has 2 atom stereocenters. The molecule has 1 saturated heterocycles. The van der Waals surface area contributed by atoms with Gasteiger partial charge in [0.15, 0.2) is 0 Å². The van der Waals surface area contributed by atoms with Gasteiger partial charge in [-0.25, -0.2) is 13.1 Å². The molecule has 0 saturated carbocycles. The van der Waals surface area contributed by atoms with Crippen molar-refractivity contribution < 1.29 is 17.9 Å². The number of ether oxygens (including phenoxy) is 1. The first-order valence-electron chi connectivity index (χ1n) is 9.03. The summed E-state index contributed by atoms with van der Waals surface area (Å²) in [5, 5.41) is 2.90. The van der Waals surface area contributed by atoms with Gasteiger partial charge in [0.25, 0.3) is 0 Å². The molecule has 2 N–H and O–H groups in total. The summed E-state index contributed by atoms with van der Waals surface area (Å²) < 4.78 is 33.6. The molecular formula is C19H30N2O4S. The van der Waals surface area contributed by atoms with Gasteiger partial charge in [0, 0.05) is 19.6 Å². The Morgan fingerprint density at radius 2 is 1.58 bits per heavy atom. The number of sulfonamides is 1. The Kier molecular flexibility index (Phi) is 6.47. The fourth-order valence-corrected chi connectivity index (χ4v) is 5.07. The van der Waals surface area contributed by atoms with Crippen molar-refractivity contribution in [2.24, 2.45) is 0 Å². The van der Waals surface area contributed by atoms with E-state index in [9.17, 15) is 13.2 Å². The lowest BCUT2D eigenvalue weighted by Crippen LogP contribution is -2.40. The smallest absolute Gasteiger partial charge is 0.241 e. The monoisotopic (exact) mass is 382 g/mol. The van der Waals surface area contributed by atoms with Gasteiger partial charge in [-0.2, -0.15) is 0 Å². The van der Waals surface area contributed by atoms with Crippen LogP contribution in [0.15, 0.2) is 4.90 Å². The zero-order valence-corrected chi connectivity index (χ0v) is 17.3. The summed E-state index contributed by atoms with van der Waals surface area (Å²) in [4.78, 5) is 12.4. The Hall–Kier alpha value is -1.44. The van der Waals surface area contributed by atoms with E-state index in [0.29, 0.717) is 11.5 Å². The van der Waals surface area contributed by atoms with Crippen LogP contribution in [0.5, 0.6) is 0 Å². The van der Waals surface area contributed by atoms with Crippen LogP contribution in [0.1, 0.15) is 47.6 Å². The van der Waals surface area contributed by atoms with E-state index in [4.69, 9.17) is 4.74 Å². The molecule has 0 bridgehead atoms. The van der Waals surface area contributed by atoms with Crippen LogP contribution in [0.4, 0.5) is 0 Å². The van der Waals surface area contributed by atoms with E-state index >= 15 is 0 Å². The molecule has 0 unspecified atom stereocenters. The molecule has 1 amide bonds. The van der Waals surface area contributed by atoms with Gasteiger partial charge >= 0.3 is 0 Å². The quantitative estimate of drug-likeness (QED) is 0.790. The van der Waals surface area contributed by atoms with Gasteiger partial charge in [0.05, 0.1) is 17.0 Å². The summed E-state index contributed by atoms with van der Waals surface area (Å²) in [6, 6.07) is 0.00555. The van der Waals surface area contributed by atoms with Crippen LogP contribution in [-0.2, 0) is 19.6 Å². The molecule has 1 heterocycles. The van der Waals surface area contributed by atoms with Crippen LogP contribution in [0.2, 0.25) is 0 Å². The first-order chi connectivity index (χ1) is 12.1. The van der Waals surface area contributed by atoms with Crippen LogP contribution in [0.3, 0.4) is 0 Å². The standard InChI is InChI=1S/C19H30N2O4S/c1-11-12(2)14(4)19(15(5)13(11)3)26(23,24)20-9-7-18(22)21-17-8-10-25-16(17)6/h16-17,20H,7-10H2,1-6H3,(H,21,22)/t16-,17-/m0/s1. The zero-order valence-electron chi connectivity index (χ0n) is 16.5. The summed E-state index contributed by atoms with van der Waals surface area (Å²) in [5.74, 6) is -0.167. The van der Waals surface area contributed by atoms with Crippen LogP contribution < -0.4 is 10.0 Å². The molecule has 7 heteroatoms. The van der Waals surface area contributed by atoms with Crippen molar-refractivity contribution in [3.05, 3.63) is 27.8 Å². The van der Waals surface area contributed by atoms with Crippen molar-refractivity contribution >= 4 is 15.9 Å². The Morgan fingerprint density at radius 1 is 1.04 bits per heavy atom. The Bertz CT molecular complexity index is 773. The molecule has 1 fully saturated rings. The Morgan fingerprint density at radius 3 is 2.08 bits per heavy atom. The van der Waals surface area contributed by atoms with Crippen molar-refractivity contribution in [3.8, 4) is 0 Å². The number of carbonyl (C=O) groups is 1. The number of amides is 1. The van der Waals surface area contributed by atoms with Crippen molar-refractivity contribution in [1.29, 1.82) is 0 Å². The number of hydrogen-bond donors (Lipinski definition) is 2. The second-order valence-electron chi connectivity index (χ2n) is 7.14. The maximum absolute atomic E-state index is 12.8. The van der Waals surface area contributed by atoms with Gasteiger partial charge in [0.1, 0.15) is 0 Å². The molecule has 2 rings (SSSR count). The normalized spacial score (nSPS) is 20.4. The highest BCUT2D eigenvalue weighted by Crippen LogP contribution is 2.29. The fourth-order valence-electron chi connectivity index (χ4n) is 3.44. The average Bonchev–Trinajstić information content (AvgIpc) is 2.95. The molecule has 0 spiro atoms. The highest BCUT2D eigenvalue weighted by atomic mass is 32.2. The predicted octanol–water partition coefficient (Wildman–Crippen LogP) is 2.19. The SMILES string of the molecule is Cc1c(C)c(C)c(S(=O)(=O)NCCC(=O)N[C@H]2CCO[C@H]2C)c(C)c1C. The molecule has 146 valence electrons. The topological polar surface area (TPSA) is 84.5 Å². The zero-order chi connectivity index (χ0) is 19.6. The largest absolute Gasteiger partial charge is 0.376 e. The minimum atomic E-state index is -3.67. The van der Waals surface area contributed by atoms with Crippen LogP contribution in [0, 0.1) is 34.6 Å². The van der Waals surface area contributed by atoms with Crippen LogP contribution in [0.25, 0.3) is 0 Å². The van der Waals surface area contributed by atoms with Crippen LogP contribution >= 0.6 is 0 Å². The van der Waals surface area contributed by atoms with Gasteiger partial charge in [-0.05, 0) is 75.8 Å². The summed E-state index contributed by atoms with van der Waals surface area (Å²) in [7, 11) is -3.67. The minimum Gasteiger partial charge on any atom is -0.376 e. The minimum absolute atomic E-state index is 0.000509. The van der Waals surface area contributed by atoms with E-state index in [2.05, 4.69) is 10.0 Å². The molecule has 1 aromatic carbocycles. The first kappa shape index (κ1) is 20.9. The lowest BCUT2D eigenvalue weighted by molar-refractivity contribution is -0.122. The molecule has 1 aromatic rings. The summed E-state index contributed by atoms with van der Waals surface area (Å²) in [6.07, 6.45) is 0.892. The average molecular weight is 383 g/mol. The fraction of sp³-hybridized carbons (Fsp3) is 0.632. The molecule has 6 nitrogen and oxygen atoms in total. The molecule has 1 aliphatic rings. The first-order valence-corrected chi connectivity index (χ1v) is 10.5.